The zero-order chi connectivity index (χ0) is 21.0. The fourth-order valence-corrected chi connectivity index (χ4v) is 6.55. The van der Waals surface area contributed by atoms with E-state index in [0.29, 0.717) is 16.4 Å². The Kier molecular flexibility index (Phi) is 5.65. The molecule has 0 aromatic heterocycles. The molecule has 30 heavy (non-hydrogen) atoms. The third-order valence-electron chi connectivity index (χ3n) is 5.11. The fourth-order valence-electron chi connectivity index (χ4n) is 3.69. The minimum absolute atomic E-state index is 0.422. The topological polar surface area (TPSA) is 43.4 Å². The van der Waals surface area contributed by atoms with Crippen LogP contribution in [0.25, 0.3) is 11.1 Å². The fraction of sp³-hybridized carbons (Fsp3) is 0.0385. The highest BCUT2D eigenvalue weighted by atomic mass is 31.2. The SMILES string of the molecule is COC(=O)c1ccccc1-c1ccccc1P(=O)(c1ccccc1)c1ccccc1. The van der Waals surface area contributed by atoms with Gasteiger partial charge < -0.3 is 9.30 Å². The summed E-state index contributed by atoms with van der Waals surface area (Å²) in [6.07, 6.45) is 0. The van der Waals surface area contributed by atoms with Crippen LogP contribution in [-0.4, -0.2) is 13.1 Å². The molecule has 0 amide bonds. The standard InChI is InChI=1S/C26H21O3P/c1-29-26(27)24-18-9-8-16-22(24)23-17-10-11-19-25(23)30(28,20-12-4-2-5-13-20)21-14-6-3-7-15-21/h2-19H,1H3. The molecule has 0 unspecified atom stereocenters. The third-order valence-corrected chi connectivity index (χ3v) is 8.22. The van der Waals surface area contributed by atoms with Crippen LogP contribution in [0.4, 0.5) is 0 Å². The lowest BCUT2D eigenvalue weighted by molar-refractivity contribution is 0.0601. The molecule has 0 fully saturated rings. The van der Waals surface area contributed by atoms with Gasteiger partial charge in [-0.05, 0) is 17.2 Å². The minimum Gasteiger partial charge on any atom is -0.465 e. The van der Waals surface area contributed by atoms with Crippen molar-refractivity contribution in [3.05, 3.63) is 115 Å². The maximum atomic E-state index is 14.8. The Balaban J connectivity index is 2.04. The van der Waals surface area contributed by atoms with Crippen LogP contribution in [0, 0.1) is 0 Å². The average molecular weight is 412 g/mol. The molecule has 0 atom stereocenters. The van der Waals surface area contributed by atoms with Gasteiger partial charge in [0.25, 0.3) is 0 Å². The first-order valence-corrected chi connectivity index (χ1v) is 11.4. The quantitative estimate of drug-likeness (QED) is 0.350. The number of esters is 1. The summed E-state index contributed by atoms with van der Waals surface area (Å²) in [6.45, 7) is 0. The summed E-state index contributed by atoms with van der Waals surface area (Å²) in [4.78, 5) is 12.4. The Labute approximate surface area is 176 Å². The highest BCUT2D eigenvalue weighted by molar-refractivity contribution is 7.85. The number of ether oxygens (including phenoxy) is 1. The summed E-state index contributed by atoms with van der Waals surface area (Å²) in [5, 5.41) is 2.19. The van der Waals surface area contributed by atoms with Crippen LogP contribution >= 0.6 is 7.14 Å². The van der Waals surface area contributed by atoms with Crippen LogP contribution < -0.4 is 15.9 Å². The van der Waals surface area contributed by atoms with E-state index in [2.05, 4.69) is 0 Å². The first-order chi connectivity index (χ1) is 14.7. The van der Waals surface area contributed by atoms with Crippen molar-refractivity contribution in [1.29, 1.82) is 0 Å². The Bertz CT molecular complexity index is 1170. The minimum atomic E-state index is -3.19. The summed E-state index contributed by atoms with van der Waals surface area (Å²) < 4.78 is 19.8. The molecule has 0 radical (unpaired) electrons. The third kappa shape index (κ3) is 3.49. The number of hydrogen-bond donors (Lipinski definition) is 0. The van der Waals surface area contributed by atoms with Crippen LogP contribution in [0.15, 0.2) is 109 Å². The van der Waals surface area contributed by atoms with Gasteiger partial charge >= 0.3 is 5.97 Å². The first-order valence-electron chi connectivity index (χ1n) is 9.65. The van der Waals surface area contributed by atoms with Gasteiger partial charge in [0.1, 0.15) is 0 Å². The lowest BCUT2D eigenvalue weighted by atomic mass is 10.00. The lowest BCUT2D eigenvalue weighted by Crippen LogP contribution is -2.26. The zero-order valence-electron chi connectivity index (χ0n) is 16.6. The summed E-state index contributed by atoms with van der Waals surface area (Å²) in [7, 11) is -1.83. The molecule has 0 heterocycles. The van der Waals surface area contributed by atoms with E-state index in [0.717, 1.165) is 16.2 Å². The Morgan fingerprint density at radius 2 is 1.10 bits per heavy atom. The first kappa shape index (κ1) is 19.9. The maximum Gasteiger partial charge on any atom is 0.338 e. The number of carbonyl (C=O) groups excluding carboxylic acids is 1. The molecule has 0 saturated carbocycles. The van der Waals surface area contributed by atoms with Crippen molar-refractivity contribution in [2.75, 3.05) is 7.11 Å². The second-order valence-electron chi connectivity index (χ2n) is 6.83. The molecule has 0 saturated heterocycles. The van der Waals surface area contributed by atoms with Crippen molar-refractivity contribution in [3.8, 4) is 11.1 Å². The van der Waals surface area contributed by atoms with E-state index in [1.807, 2.05) is 97.1 Å². The predicted octanol–water partition coefficient (Wildman–Crippen LogP) is 4.78. The van der Waals surface area contributed by atoms with Gasteiger partial charge in [0.05, 0.1) is 12.7 Å². The van der Waals surface area contributed by atoms with Gasteiger partial charge in [-0.1, -0.05) is 103 Å². The van der Waals surface area contributed by atoms with E-state index in [1.165, 1.54) is 7.11 Å². The lowest BCUT2D eigenvalue weighted by Gasteiger charge is -2.23. The highest BCUT2D eigenvalue weighted by Crippen LogP contribution is 2.45. The molecular formula is C26H21O3P. The second-order valence-corrected chi connectivity index (χ2v) is 9.57. The van der Waals surface area contributed by atoms with Gasteiger partial charge in [-0.3, -0.25) is 0 Å². The number of hydrogen-bond acceptors (Lipinski definition) is 3. The summed E-state index contributed by atoms with van der Waals surface area (Å²) in [5.74, 6) is -0.422. The van der Waals surface area contributed by atoms with Gasteiger partial charge in [-0.25, -0.2) is 4.79 Å². The van der Waals surface area contributed by atoms with E-state index in [4.69, 9.17) is 4.74 Å². The van der Waals surface area contributed by atoms with Crippen molar-refractivity contribution in [3.63, 3.8) is 0 Å². The molecule has 0 aliphatic carbocycles. The number of carbonyl (C=O) groups is 1. The van der Waals surface area contributed by atoms with Crippen molar-refractivity contribution >= 4 is 29.0 Å². The molecule has 0 bridgehead atoms. The summed E-state index contributed by atoms with van der Waals surface area (Å²) in [5.41, 5.74) is 1.90. The largest absolute Gasteiger partial charge is 0.465 e. The van der Waals surface area contributed by atoms with E-state index in [1.54, 1.807) is 12.1 Å². The average Bonchev–Trinajstić information content (AvgIpc) is 2.84. The highest BCUT2D eigenvalue weighted by Gasteiger charge is 2.32. The van der Waals surface area contributed by atoms with Crippen LogP contribution in [0.1, 0.15) is 10.4 Å². The predicted molar refractivity (Wildman–Crippen MR) is 123 cm³/mol. The van der Waals surface area contributed by atoms with Gasteiger partial charge in [-0.2, -0.15) is 0 Å². The van der Waals surface area contributed by atoms with Crippen LogP contribution in [0.3, 0.4) is 0 Å². The number of benzene rings is 4. The van der Waals surface area contributed by atoms with Gasteiger partial charge in [0, 0.05) is 15.9 Å². The molecule has 4 heteroatoms. The normalized spacial score (nSPS) is 11.1. The van der Waals surface area contributed by atoms with Crippen molar-refractivity contribution in [2.24, 2.45) is 0 Å². The smallest absolute Gasteiger partial charge is 0.338 e. The van der Waals surface area contributed by atoms with Crippen molar-refractivity contribution in [1.82, 2.24) is 0 Å². The molecule has 4 aromatic carbocycles. The molecule has 0 spiro atoms. The number of rotatable bonds is 5. The summed E-state index contributed by atoms with van der Waals surface area (Å²) in [6, 6.07) is 33.9. The van der Waals surface area contributed by atoms with Crippen molar-refractivity contribution in [2.45, 2.75) is 0 Å². The molecular weight excluding hydrogens is 391 g/mol. The van der Waals surface area contributed by atoms with E-state index >= 15 is 0 Å². The van der Waals surface area contributed by atoms with Crippen LogP contribution in [0.2, 0.25) is 0 Å². The van der Waals surface area contributed by atoms with E-state index < -0.39 is 13.1 Å². The Hall–Kier alpha value is -3.42. The molecule has 4 aromatic rings. The number of methoxy groups -OCH3 is 1. The van der Waals surface area contributed by atoms with E-state index in [-0.39, 0.29) is 0 Å². The van der Waals surface area contributed by atoms with Crippen LogP contribution in [-0.2, 0) is 9.30 Å². The van der Waals surface area contributed by atoms with Crippen molar-refractivity contribution < 1.29 is 14.1 Å². The molecule has 0 N–H and O–H groups in total. The molecule has 3 nitrogen and oxygen atoms in total. The second kappa shape index (κ2) is 8.52. The van der Waals surface area contributed by atoms with Gasteiger partial charge in [-0.15, -0.1) is 0 Å². The molecule has 0 aliphatic heterocycles. The molecule has 148 valence electrons. The summed E-state index contributed by atoms with van der Waals surface area (Å²) >= 11 is 0. The van der Waals surface area contributed by atoms with Gasteiger partial charge in [0.2, 0.25) is 0 Å². The maximum absolute atomic E-state index is 14.8. The molecule has 0 aliphatic rings. The molecule has 4 rings (SSSR count). The van der Waals surface area contributed by atoms with E-state index in [9.17, 15) is 9.36 Å². The van der Waals surface area contributed by atoms with Crippen LogP contribution in [0.5, 0.6) is 0 Å². The monoisotopic (exact) mass is 412 g/mol. The Morgan fingerprint density at radius 1 is 0.633 bits per heavy atom. The zero-order valence-corrected chi connectivity index (χ0v) is 17.5. The van der Waals surface area contributed by atoms with Gasteiger partial charge in [0.15, 0.2) is 7.14 Å². The Morgan fingerprint density at radius 3 is 1.67 bits per heavy atom.